The molecule has 4 nitrogen and oxygen atoms in total. The third-order valence-corrected chi connectivity index (χ3v) is 5.59. The summed E-state index contributed by atoms with van der Waals surface area (Å²) in [5, 5.41) is 1.73. The van der Waals surface area contributed by atoms with Crippen LogP contribution in [0.25, 0.3) is 33.3 Å². The minimum atomic E-state index is -0.319. The first-order chi connectivity index (χ1) is 14.1. The molecule has 0 saturated carbocycles. The monoisotopic (exact) mass is 402 g/mol. The minimum absolute atomic E-state index is 0.319. The summed E-state index contributed by atoms with van der Waals surface area (Å²) < 4.78 is 7.14. The number of hydrogen-bond donors (Lipinski definition) is 0. The van der Waals surface area contributed by atoms with Crippen molar-refractivity contribution < 1.29 is 9.53 Å². The minimum Gasteiger partial charge on any atom is -0.462 e. The number of nitrogens with zero attached hydrogens (tertiary/aromatic N) is 2. The maximum absolute atomic E-state index is 12.2. The Morgan fingerprint density at radius 1 is 1.17 bits per heavy atom. The molecule has 29 heavy (non-hydrogen) atoms. The highest BCUT2D eigenvalue weighted by molar-refractivity contribution is 6.30. The molecule has 0 bridgehead atoms. The number of benzene rings is 1. The third kappa shape index (κ3) is 3.10. The van der Waals surface area contributed by atoms with E-state index < -0.39 is 0 Å². The van der Waals surface area contributed by atoms with Gasteiger partial charge in [0, 0.05) is 22.1 Å². The Bertz CT molecular complexity index is 1290. The van der Waals surface area contributed by atoms with Gasteiger partial charge in [0.15, 0.2) is 0 Å². The van der Waals surface area contributed by atoms with Crippen LogP contribution < -0.4 is 0 Å². The van der Waals surface area contributed by atoms with Gasteiger partial charge in [0.25, 0.3) is 0 Å². The predicted molar refractivity (Wildman–Crippen MR) is 116 cm³/mol. The number of esters is 1. The van der Waals surface area contributed by atoms with Gasteiger partial charge in [0.1, 0.15) is 5.65 Å². The molecule has 3 heterocycles. The zero-order valence-electron chi connectivity index (χ0n) is 16.0. The van der Waals surface area contributed by atoms with Crippen LogP contribution in [0, 0.1) is 0 Å². The first-order valence-electron chi connectivity index (χ1n) is 9.72. The molecule has 0 amide bonds. The van der Waals surface area contributed by atoms with Crippen LogP contribution in [-0.4, -0.2) is 22.0 Å². The van der Waals surface area contributed by atoms with Crippen LogP contribution in [-0.2, 0) is 4.74 Å². The van der Waals surface area contributed by atoms with E-state index in [9.17, 15) is 4.79 Å². The first-order valence-corrected chi connectivity index (χ1v) is 10.1. The topological polar surface area (TPSA) is 43.6 Å². The summed E-state index contributed by atoms with van der Waals surface area (Å²) in [6, 6.07) is 15.9. The highest BCUT2D eigenvalue weighted by atomic mass is 35.5. The molecule has 0 saturated heterocycles. The number of aromatic nitrogens is 2. The number of carbonyl (C=O) groups is 1. The number of carbonyl (C=O) groups excluding carboxylic acids is 1. The quantitative estimate of drug-likeness (QED) is 0.384. The second-order valence-electron chi connectivity index (χ2n) is 7.14. The standard InChI is InChI=1S/C24H19ClN2O2/c1-2-29-24(28)17-12-19-10-11-20-21(15-6-8-18(25)9-7-15)13-22(16-4-3-5-16)26-23(20)27(19)14-17/h4,6-14H,2-3,5H2,1H3. The number of ether oxygens (including phenoxy) is 1. The lowest BCUT2D eigenvalue weighted by atomic mass is 9.92. The van der Waals surface area contributed by atoms with Gasteiger partial charge in [0.05, 0.1) is 17.9 Å². The molecule has 0 atom stereocenters. The summed E-state index contributed by atoms with van der Waals surface area (Å²) in [5.41, 5.74) is 6.69. The average Bonchev–Trinajstić information content (AvgIpc) is 3.12. The molecule has 0 N–H and O–H groups in total. The Hall–Kier alpha value is -3.11. The number of halogens is 1. The lowest BCUT2D eigenvalue weighted by molar-refractivity contribution is 0.0526. The van der Waals surface area contributed by atoms with Crippen molar-refractivity contribution in [1.82, 2.24) is 9.38 Å². The molecule has 0 fully saturated rings. The number of fused-ring (bicyclic) bond motifs is 3. The third-order valence-electron chi connectivity index (χ3n) is 5.34. The van der Waals surface area contributed by atoms with E-state index in [-0.39, 0.29) is 5.97 Å². The molecule has 5 heteroatoms. The van der Waals surface area contributed by atoms with Gasteiger partial charge in [-0.15, -0.1) is 0 Å². The summed E-state index contributed by atoms with van der Waals surface area (Å²) >= 11 is 6.10. The molecule has 0 aliphatic heterocycles. The number of pyridine rings is 2. The molecule has 0 spiro atoms. The molecule has 0 radical (unpaired) electrons. The maximum atomic E-state index is 12.2. The van der Waals surface area contributed by atoms with Gasteiger partial charge in [-0.05, 0) is 72.9 Å². The Morgan fingerprint density at radius 2 is 1.97 bits per heavy atom. The van der Waals surface area contributed by atoms with Crippen molar-refractivity contribution in [3.05, 3.63) is 77.1 Å². The highest BCUT2D eigenvalue weighted by Crippen LogP contribution is 2.35. The average molecular weight is 403 g/mol. The van der Waals surface area contributed by atoms with E-state index in [2.05, 4.69) is 18.2 Å². The van der Waals surface area contributed by atoms with E-state index in [1.165, 1.54) is 5.57 Å². The fourth-order valence-corrected chi connectivity index (χ4v) is 3.86. The molecular formula is C24H19ClN2O2. The normalized spacial score (nSPS) is 13.4. The van der Waals surface area contributed by atoms with Gasteiger partial charge in [-0.1, -0.05) is 29.8 Å². The van der Waals surface area contributed by atoms with Crippen LogP contribution in [0.5, 0.6) is 0 Å². The molecular weight excluding hydrogens is 384 g/mol. The summed E-state index contributed by atoms with van der Waals surface area (Å²) in [5.74, 6) is -0.319. The smallest absolute Gasteiger partial charge is 0.339 e. The summed E-state index contributed by atoms with van der Waals surface area (Å²) in [7, 11) is 0. The zero-order valence-corrected chi connectivity index (χ0v) is 16.7. The molecule has 4 aromatic rings. The largest absolute Gasteiger partial charge is 0.462 e. The van der Waals surface area contributed by atoms with Crippen molar-refractivity contribution in [3.8, 4) is 11.1 Å². The molecule has 5 rings (SSSR count). The van der Waals surface area contributed by atoms with E-state index in [4.69, 9.17) is 21.3 Å². The van der Waals surface area contributed by atoms with Crippen molar-refractivity contribution in [3.63, 3.8) is 0 Å². The van der Waals surface area contributed by atoms with Gasteiger partial charge >= 0.3 is 5.97 Å². The van der Waals surface area contributed by atoms with Crippen LogP contribution in [0.2, 0.25) is 5.02 Å². The molecule has 144 valence electrons. The maximum Gasteiger partial charge on any atom is 0.339 e. The summed E-state index contributed by atoms with van der Waals surface area (Å²) in [6.07, 6.45) is 6.16. The van der Waals surface area contributed by atoms with Crippen LogP contribution in [0.3, 0.4) is 0 Å². The summed E-state index contributed by atoms with van der Waals surface area (Å²) in [6.45, 7) is 2.16. The highest BCUT2D eigenvalue weighted by Gasteiger charge is 2.17. The second kappa shape index (κ2) is 7.05. The van der Waals surface area contributed by atoms with Crippen LogP contribution in [0.1, 0.15) is 35.8 Å². The Labute approximate surface area is 173 Å². The van der Waals surface area contributed by atoms with E-state index in [0.717, 1.165) is 46.2 Å². The zero-order chi connectivity index (χ0) is 20.0. The molecule has 1 aliphatic rings. The van der Waals surface area contributed by atoms with Crippen LogP contribution >= 0.6 is 11.6 Å². The van der Waals surface area contributed by atoms with E-state index in [0.29, 0.717) is 17.2 Å². The van der Waals surface area contributed by atoms with Crippen LogP contribution in [0.4, 0.5) is 0 Å². The molecule has 1 aliphatic carbocycles. The van der Waals surface area contributed by atoms with Gasteiger partial charge in [-0.25, -0.2) is 9.78 Å². The summed E-state index contributed by atoms with van der Waals surface area (Å²) in [4.78, 5) is 17.2. The number of hydrogen-bond acceptors (Lipinski definition) is 3. The van der Waals surface area contributed by atoms with Crippen molar-refractivity contribution in [2.45, 2.75) is 19.8 Å². The van der Waals surface area contributed by atoms with E-state index in [1.54, 1.807) is 0 Å². The fraction of sp³-hybridized carbons (Fsp3) is 0.167. The fourth-order valence-electron chi connectivity index (χ4n) is 3.73. The van der Waals surface area contributed by atoms with E-state index >= 15 is 0 Å². The predicted octanol–water partition coefficient (Wildman–Crippen LogP) is 6.16. The van der Waals surface area contributed by atoms with Gasteiger partial charge in [-0.3, -0.25) is 0 Å². The SMILES string of the molecule is CCOC(=O)c1cc2ccc3c(-c4ccc(Cl)cc4)cc(C4=CCC4)nc3n2c1. The lowest BCUT2D eigenvalue weighted by Crippen LogP contribution is -2.03. The van der Waals surface area contributed by atoms with Crippen LogP contribution in [0.15, 0.2) is 60.8 Å². The number of allylic oxidation sites excluding steroid dienone is 2. The molecule has 0 unspecified atom stereocenters. The van der Waals surface area contributed by atoms with Crippen molar-refractivity contribution >= 4 is 39.7 Å². The van der Waals surface area contributed by atoms with Crippen molar-refractivity contribution in [2.24, 2.45) is 0 Å². The molecule has 1 aromatic carbocycles. The van der Waals surface area contributed by atoms with Gasteiger partial charge < -0.3 is 9.14 Å². The van der Waals surface area contributed by atoms with E-state index in [1.807, 2.05) is 53.9 Å². The van der Waals surface area contributed by atoms with Gasteiger partial charge in [0.2, 0.25) is 0 Å². The van der Waals surface area contributed by atoms with Crippen molar-refractivity contribution in [1.29, 1.82) is 0 Å². The van der Waals surface area contributed by atoms with Crippen molar-refractivity contribution in [2.75, 3.05) is 6.61 Å². The van der Waals surface area contributed by atoms with Gasteiger partial charge in [-0.2, -0.15) is 0 Å². The molecule has 3 aromatic heterocycles. The number of rotatable bonds is 4. The Morgan fingerprint density at radius 3 is 2.66 bits per heavy atom. The Kier molecular flexibility index (Phi) is 4.36. The first kappa shape index (κ1) is 18.0. The Balaban J connectivity index is 1.78. The second-order valence-corrected chi connectivity index (χ2v) is 7.58. The lowest BCUT2D eigenvalue weighted by Gasteiger charge is -2.17.